The van der Waals surface area contributed by atoms with Crippen LogP contribution in [0, 0.1) is 0 Å². The molecule has 0 aliphatic rings. The number of aryl methyl sites for hydroxylation is 3. The molecule has 1 heterocycles. The second-order valence-electron chi connectivity index (χ2n) is 5.21. The summed E-state index contributed by atoms with van der Waals surface area (Å²) >= 11 is 5.50. The van der Waals surface area contributed by atoms with Crippen molar-refractivity contribution in [2.24, 2.45) is 0 Å². The first-order chi connectivity index (χ1) is 9.88. The van der Waals surface area contributed by atoms with Gasteiger partial charge in [0.1, 0.15) is 0 Å². The summed E-state index contributed by atoms with van der Waals surface area (Å²) in [5, 5.41) is 1.14. The van der Waals surface area contributed by atoms with Gasteiger partial charge in [-0.1, -0.05) is 52.7 Å². The number of hydrogen-bond acceptors (Lipinski definition) is 1. The Morgan fingerprint density at radius 1 is 0.700 bits per heavy atom. The lowest BCUT2D eigenvalue weighted by atomic mass is 10.1. The quantitative estimate of drug-likeness (QED) is 0.382. The summed E-state index contributed by atoms with van der Waals surface area (Å²) in [5.74, 6) is 0. The van der Waals surface area contributed by atoms with Gasteiger partial charge in [-0.15, -0.1) is 11.3 Å². The van der Waals surface area contributed by atoms with Crippen LogP contribution in [0.4, 0.5) is 0 Å². The molecule has 0 radical (unpaired) electrons. The van der Waals surface area contributed by atoms with Crippen LogP contribution in [0.3, 0.4) is 0 Å². The van der Waals surface area contributed by atoms with Crippen molar-refractivity contribution in [3.05, 3.63) is 57.8 Å². The Bertz CT molecular complexity index is 475. The van der Waals surface area contributed by atoms with Crippen LogP contribution in [-0.2, 0) is 19.3 Å². The maximum atomic E-state index is 3.49. The summed E-state index contributed by atoms with van der Waals surface area (Å²) in [6, 6.07) is 15.5. The zero-order valence-corrected chi connectivity index (χ0v) is 14.4. The molecular formula is C18H23BrS. The fraction of sp³-hybridized carbons (Fsp3) is 0.444. The molecule has 0 spiro atoms. The van der Waals surface area contributed by atoms with Crippen LogP contribution >= 0.6 is 27.3 Å². The van der Waals surface area contributed by atoms with Crippen molar-refractivity contribution in [2.45, 2.75) is 44.9 Å². The minimum absolute atomic E-state index is 1.14. The first-order valence-electron chi connectivity index (χ1n) is 7.56. The molecule has 0 saturated heterocycles. The zero-order chi connectivity index (χ0) is 14.0. The number of hydrogen-bond donors (Lipinski definition) is 0. The van der Waals surface area contributed by atoms with Crippen molar-refractivity contribution in [3.63, 3.8) is 0 Å². The Labute approximate surface area is 135 Å². The van der Waals surface area contributed by atoms with E-state index in [1.54, 1.807) is 9.75 Å². The SMILES string of the molecule is BrCCCCCc1ccc(CCCc2ccccc2)s1. The summed E-state index contributed by atoms with van der Waals surface area (Å²) in [4.78, 5) is 3.12. The molecule has 2 rings (SSSR count). The normalized spacial score (nSPS) is 10.8. The smallest absolute Gasteiger partial charge is 0.00482 e. The third kappa shape index (κ3) is 5.80. The van der Waals surface area contributed by atoms with E-state index in [0.717, 1.165) is 5.33 Å². The molecule has 20 heavy (non-hydrogen) atoms. The van der Waals surface area contributed by atoms with Crippen molar-refractivity contribution >= 4 is 27.3 Å². The third-order valence-electron chi connectivity index (χ3n) is 3.51. The second kappa shape index (κ2) is 9.36. The summed E-state index contributed by atoms with van der Waals surface area (Å²) in [6.07, 6.45) is 8.90. The van der Waals surface area contributed by atoms with E-state index in [9.17, 15) is 0 Å². The van der Waals surface area contributed by atoms with Crippen LogP contribution in [-0.4, -0.2) is 5.33 Å². The molecular weight excluding hydrogens is 328 g/mol. The highest BCUT2D eigenvalue weighted by atomic mass is 79.9. The van der Waals surface area contributed by atoms with Crippen molar-refractivity contribution in [3.8, 4) is 0 Å². The number of unbranched alkanes of at least 4 members (excludes halogenated alkanes) is 2. The molecule has 2 aromatic rings. The van der Waals surface area contributed by atoms with E-state index in [4.69, 9.17) is 0 Å². The lowest BCUT2D eigenvalue weighted by Crippen LogP contribution is -1.87. The Morgan fingerprint density at radius 2 is 1.40 bits per heavy atom. The van der Waals surface area contributed by atoms with Crippen LogP contribution in [0.5, 0.6) is 0 Å². The molecule has 1 aromatic carbocycles. The average Bonchev–Trinajstić information content (AvgIpc) is 2.93. The molecule has 0 N–H and O–H groups in total. The number of halogens is 1. The highest BCUT2D eigenvalue weighted by Crippen LogP contribution is 2.21. The molecule has 108 valence electrons. The van der Waals surface area contributed by atoms with Gasteiger partial charge >= 0.3 is 0 Å². The topological polar surface area (TPSA) is 0 Å². The van der Waals surface area contributed by atoms with E-state index >= 15 is 0 Å². The largest absolute Gasteiger partial charge is 0.145 e. The van der Waals surface area contributed by atoms with E-state index in [1.165, 1.54) is 50.5 Å². The lowest BCUT2D eigenvalue weighted by Gasteiger charge is -2.00. The highest BCUT2D eigenvalue weighted by molar-refractivity contribution is 9.09. The van der Waals surface area contributed by atoms with Gasteiger partial charge in [-0.3, -0.25) is 0 Å². The monoisotopic (exact) mass is 350 g/mol. The standard InChI is InChI=1S/C18H23BrS/c19-15-6-2-5-11-17-13-14-18(20-17)12-7-10-16-8-3-1-4-9-16/h1,3-4,8-9,13-14H,2,5-7,10-12,15H2. The summed E-state index contributed by atoms with van der Waals surface area (Å²) in [6.45, 7) is 0. The van der Waals surface area contributed by atoms with Crippen LogP contribution in [0.15, 0.2) is 42.5 Å². The summed E-state index contributed by atoms with van der Waals surface area (Å²) < 4.78 is 0. The summed E-state index contributed by atoms with van der Waals surface area (Å²) in [5.41, 5.74) is 1.46. The van der Waals surface area contributed by atoms with E-state index in [2.05, 4.69) is 58.4 Å². The molecule has 2 heteroatoms. The maximum Gasteiger partial charge on any atom is 0.00482 e. The number of thiophene rings is 1. The van der Waals surface area contributed by atoms with E-state index in [-0.39, 0.29) is 0 Å². The first kappa shape index (κ1) is 15.8. The predicted molar refractivity (Wildman–Crippen MR) is 94.1 cm³/mol. The Balaban J connectivity index is 1.67. The fourth-order valence-corrected chi connectivity index (χ4v) is 3.87. The van der Waals surface area contributed by atoms with E-state index in [1.807, 2.05) is 11.3 Å². The van der Waals surface area contributed by atoms with Gasteiger partial charge in [0.15, 0.2) is 0 Å². The van der Waals surface area contributed by atoms with E-state index < -0.39 is 0 Å². The summed E-state index contributed by atoms with van der Waals surface area (Å²) in [7, 11) is 0. The molecule has 0 amide bonds. The minimum atomic E-state index is 1.14. The van der Waals surface area contributed by atoms with Crippen LogP contribution < -0.4 is 0 Å². The Kier molecular flexibility index (Phi) is 7.38. The maximum absolute atomic E-state index is 3.49. The molecule has 0 saturated carbocycles. The van der Waals surface area contributed by atoms with Gasteiger partial charge in [0.05, 0.1) is 0 Å². The molecule has 0 bridgehead atoms. The van der Waals surface area contributed by atoms with Gasteiger partial charge in [-0.05, 0) is 56.2 Å². The van der Waals surface area contributed by atoms with Crippen LogP contribution in [0.1, 0.15) is 41.0 Å². The molecule has 0 atom stereocenters. The molecule has 0 unspecified atom stereocenters. The van der Waals surface area contributed by atoms with Gasteiger partial charge in [-0.25, -0.2) is 0 Å². The van der Waals surface area contributed by atoms with Gasteiger partial charge in [-0.2, -0.15) is 0 Å². The first-order valence-corrected chi connectivity index (χ1v) is 9.50. The molecule has 0 nitrogen and oxygen atoms in total. The van der Waals surface area contributed by atoms with Gasteiger partial charge in [0, 0.05) is 15.1 Å². The van der Waals surface area contributed by atoms with Crippen molar-refractivity contribution in [1.82, 2.24) is 0 Å². The van der Waals surface area contributed by atoms with Gasteiger partial charge in [0.2, 0.25) is 0 Å². The molecule has 0 aliphatic heterocycles. The van der Waals surface area contributed by atoms with Crippen LogP contribution in [0.2, 0.25) is 0 Å². The fourth-order valence-electron chi connectivity index (χ4n) is 2.37. The molecule has 0 aliphatic carbocycles. The zero-order valence-electron chi connectivity index (χ0n) is 12.0. The third-order valence-corrected chi connectivity index (χ3v) is 5.27. The molecule has 1 aromatic heterocycles. The van der Waals surface area contributed by atoms with E-state index in [0.29, 0.717) is 0 Å². The molecule has 0 fully saturated rings. The number of benzene rings is 1. The van der Waals surface area contributed by atoms with Crippen molar-refractivity contribution in [1.29, 1.82) is 0 Å². The number of alkyl halides is 1. The second-order valence-corrected chi connectivity index (χ2v) is 7.25. The van der Waals surface area contributed by atoms with Gasteiger partial charge in [0.25, 0.3) is 0 Å². The van der Waals surface area contributed by atoms with Crippen molar-refractivity contribution < 1.29 is 0 Å². The van der Waals surface area contributed by atoms with Crippen molar-refractivity contribution in [2.75, 3.05) is 5.33 Å². The predicted octanol–water partition coefficient (Wildman–Crippen LogP) is 6.03. The minimum Gasteiger partial charge on any atom is -0.145 e. The Hall–Kier alpha value is -0.600. The number of rotatable bonds is 9. The van der Waals surface area contributed by atoms with Crippen LogP contribution in [0.25, 0.3) is 0 Å². The average molecular weight is 351 g/mol. The van der Waals surface area contributed by atoms with Gasteiger partial charge < -0.3 is 0 Å². The highest BCUT2D eigenvalue weighted by Gasteiger charge is 2.01. The Morgan fingerprint density at radius 3 is 2.10 bits per heavy atom. The lowest BCUT2D eigenvalue weighted by molar-refractivity contribution is 0.730.